The number of carbonyl (C=O) groups excluding carboxylic acids is 1. The smallest absolute Gasteiger partial charge is 0.252 e. The Hall–Kier alpha value is -1.97. The highest BCUT2D eigenvalue weighted by atomic mass is 19.1. The Morgan fingerprint density at radius 2 is 2.29 bits per heavy atom. The second kappa shape index (κ2) is 4.91. The highest BCUT2D eigenvalue weighted by molar-refractivity contribution is 5.97. The fourth-order valence-electron chi connectivity index (χ4n) is 1.59. The molecule has 0 bridgehead atoms. The van der Waals surface area contributed by atoms with E-state index < -0.39 is 0 Å². The second-order valence-corrected chi connectivity index (χ2v) is 3.79. The summed E-state index contributed by atoms with van der Waals surface area (Å²) in [6, 6.07) is 6.34. The number of nitrogens with zero attached hydrogens (tertiary/aromatic N) is 1. The molecular formula is C13H13FN2O. The lowest BCUT2D eigenvalue weighted by atomic mass is 10.1. The van der Waals surface area contributed by atoms with Crippen LogP contribution in [0.15, 0.2) is 30.5 Å². The Bertz CT molecular complexity index is 554. The van der Waals surface area contributed by atoms with Crippen molar-refractivity contribution in [2.75, 3.05) is 6.54 Å². The van der Waals surface area contributed by atoms with E-state index in [0.717, 1.165) is 6.42 Å². The molecule has 1 amide bonds. The van der Waals surface area contributed by atoms with E-state index in [4.69, 9.17) is 0 Å². The number of amides is 1. The maximum Gasteiger partial charge on any atom is 0.252 e. The Morgan fingerprint density at radius 3 is 3.06 bits per heavy atom. The summed E-state index contributed by atoms with van der Waals surface area (Å²) in [7, 11) is 0. The molecule has 0 aliphatic carbocycles. The number of hydrogen-bond donors (Lipinski definition) is 1. The van der Waals surface area contributed by atoms with Crippen LogP contribution in [0.4, 0.5) is 4.39 Å². The van der Waals surface area contributed by atoms with Crippen molar-refractivity contribution in [2.45, 2.75) is 13.3 Å². The van der Waals surface area contributed by atoms with E-state index in [-0.39, 0.29) is 11.7 Å². The van der Waals surface area contributed by atoms with Crippen LogP contribution in [-0.4, -0.2) is 17.4 Å². The first-order valence-electron chi connectivity index (χ1n) is 5.55. The average Bonchev–Trinajstić information content (AvgIpc) is 2.36. The number of pyridine rings is 1. The van der Waals surface area contributed by atoms with Crippen molar-refractivity contribution in [2.24, 2.45) is 0 Å². The Morgan fingerprint density at radius 1 is 1.47 bits per heavy atom. The van der Waals surface area contributed by atoms with Gasteiger partial charge in [-0.3, -0.25) is 9.78 Å². The number of para-hydroxylation sites is 1. The first-order valence-corrected chi connectivity index (χ1v) is 5.55. The van der Waals surface area contributed by atoms with Gasteiger partial charge in [0.1, 0.15) is 11.3 Å². The molecule has 0 unspecified atom stereocenters. The molecule has 1 aromatic carbocycles. The molecule has 0 fully saturated rings. The predicted molar refractivity (Wildman–Crippen MR) is 64.3 cm³/mol. The molecule has 0 aliphatic heterocycles. The zero-order valence-corrected chi connectivity index (χ0v) is 9.53. The molecule has 3 nitrogen and oxygen atoms in total. The maximum atomic E-state index is 13.4. The number of halogens is 1. The number of carbonyl (C=O) groups is 1. The summed E-state index contributed by atoms with van der Waals surface area (Å²) >= 11 is 0. The second-order valence-electron chi connectivity index (χ2n) is 3.79. The summed E-state index contributed by atoms with van der Waals surface area (Å²) in [5.74, 6) is -0.548. The van der Waals surface area contributed by atoms with Gasteiger partial charge in [-0.2, -0.15) is 0 Å². The number of fused-ring (bicyclic) bond motifs is 1. The van der Waals surface area contributed by atoms with Crippen molar-refractivity contribution in [3.8, 4) is 0 Å². The highest BCUT2D eigenvalue weighted by Crippen LogP contribution is 2.16. The van der Waals surface area contributed by atoms with Gasteiger partial charge in [0.25, 0.3) is 5.91 Å². The van der Waals surface area contributed by atoms with Crippen LogP contribution in [-0.2, 0) is 0 Å². The largest absolute Gasteiger partial charge is 0.352 e. The van der Waals surface area contributed by atoms with Gasteiger partial charge in [0.2, 0.25) is 0 Å². The minimum atomic E-state index is -0.372. The molecule has 0 atom stereocenters. The van der Waals surface area contributed by atoms with Crippen molar-refractivity contribution >= 4 is 16.8 Å². The SMILES string of the molecule is CCCNC(=O)c1cnc2c(F)cccc2c1. The standard InChI is InChI=1S/C13H13FN2O/c1-2-6-15-13(17)10-7-9-4-3-5-11(14)12(9)16-8-10/h3-5,7-8H,2,6H2,1H3,(H,15,17). The van der Waals surface area contributed by atoms with E-state index in [2.05, 4.69) is 10.3 Å². The van der Waals surface area contributed by atoms with E-state index in [1.165, 1.54) is 12.3 Å². The highest BCUT2D eigenvalue weighted by Gasteiger charge is 2.08. The minimum absolute atomic E-state index is 0.175. The molecule has 1 aromatic heterocycles. The molecule has 0 spiro atoms. The van der Waals surface area contributed by atoms with Gasteiger partial charge in [-0.05, 0) is 18.6 Å². The van der Waals surface area contributed by atoms with Gasteiger partial charge < -0.3 is 5.32 Å². The van der Waals surface area contributed by atoms with E-state index >= 15 is 0 Å². The fraction of sp³-hybridized carbons (Fsp3) is 0.231. The van der Waals surface area contributed by atoms with E-state index in [0.29, 0.717) is 23.0 Å². The van der Waals surface area contributed by atoms with Crippen molar-refractivity contribution in [3.63, 3.8) is 0 Å². The van der Waals surface area contributed by atoms with Gasteiger partial charge in [-0.25, -0.2) is 4.39 Å². The third kappa shape index (κ3) is 2.41. The van der Waals surface area contributed by atoms with Gasteiger partial charge in [0.15, 0.2) is 0 Å². The lowest BCUT2D eigenvalue weighted by Crippen LogP contribution is -2.24. The summed E-state index contributed by atoms with van der Waals surface area (Å²) in [6.45, 7) is 2.61. The van der Waals surface area contributed by atoms with Crippen LogP contribution in [0.1, 0.15) is 23.7 Å². The molecule has 1 N–H and O–H groups in total. The maximum absolute atomic E-state index is 13.4. The minimum Gasteiger partial charge on any atom is -0.352 e. The van der Waals surface area contributed by atoms with Crippen LogP contribution in [0.3, 0.4) is 0 Å². The number of rotatable bonds is 3. The molecule has 0 saturated carbocycles. The first-order chi connectivity index (χ1) is 8.22. The third-order valence-corrected chi connectivity index (χ3v) is 2.46. The van der Waals surface area contributed by atoms with Gasteiger partial charge in [-0.15, -0.1) is 0 Å². The fourth-order valence-corrected chi connectivity index (χ4v) is 1.59. The predicted octanol–water partition coefficient (Wildman–Crippen LogP) is 2.51. The molecule has 2 rings (SSSR count). The lowest BCUT2D eigenvalue weighted by Gasteiger charge is -2.04. The van der Waals surface area contributed by atoms with Crippen LogP contribution >= 0.6 is 0 Å². The van der Waals surface area contributed by atoms with E-state index in [9.17, 15) is 9.18 Å². The summed E-state index contributed by atoms with van der Waals surface area (Å²) in [5, 5.41) is 3.39. The topological polar surface area (TPSA) is 42.0 Å². The average molecular weight is 232 g/mol. The molecule has 1 heterocycles. The van der Waals surface area contributed by atoms with Crippen molar-refractivity contribution in [1.82, 2.24) is 10.3 Å². The van der Waals surface area contributed by atoms with E-state index in [1.807, 2.05) is 6.92 Å². The van der Waals surface area contributed by atoms with Crippen LogP contribution in [0, 0.1) is 5.82 Å². The van der Waals surface area contributed by atoms with Gasteiger partial charge in [-0.1, -0.05) is 19.1 Å². The number of benzene rings is 1. The van der Waals surface area contributed by atoms with Gasteiger partial charge >= 0.3 is 0 Å². The number of hydrogen-bond acceptors (Lipinski definition) is 2. The molecule has 0 radical (unpaired) electrons. The monoisotopic (exact) mass is 232 g/mol. The van der Waals surface area contributed by atoms with Crippen molar-refractivity contribution < 1.29 is 9.18 Å². The lowest BCUT2D eigenvalue weighted by molar-refractivity contribution is 0.0953. The molecule has 0 saturated heterocycles. The Kier molecular flexibility index (Phi) is 3.32. The zero-order valence-electron chi connectivity index (χ0n) is 9.53. The molecule has 4 heteroatoms. The summed E-state index contributed by atoms with van der Waals surface area (Å²) in [5.41, 5.74) is 0.746. The van der Waals surface area contributed by atoms with Crippen LogP contribution in [0.25, 0.3) is 10.9 Å². The number of aromatic nitrogens is 1. The number of nitrogens with one attached hydrogen (secondary N) is 1. The van der Waals surface area contributed by atoms with Gasteiger partial charge in [0.05, 0.1) is 5.56 Å². The van der Waals surface area contributed by atoms with Crippen molar-refractivity contribution in [1.29, 1.82) is 0 Å². The quantitative estimate of drug-likeness (QED) is 0.883. The molecule has 2 aromatic rings. The third-order valence-electron chi connectivity index (χ3n) is 2.46. The molecule has 88 valence electrons. The summed E-state index contributed by atoms with van der Waals surface area (Å²) in [4.78, 5) is 15.7. The van der Waals surface area contributed by atoms with Crippen molar-refractivity contribution in [3.05, 3.63) is 41.8 Å². The first kappa shape index (κ1) is 11.5. The van der Waals surface area contributed by atoms with Crippen LogP contribution < -0.4 is 5.32 Å². The summed E-state index contributed by atoms with van der Waals surface area (Å²) in [6.07, 6.45) is 2.28. The van der Waals surface area contributed by atoms with Crippen LogP contribution in [0.2, 0.25) is 0 Å². The van der Waals surface area contributed by atoms with E-state index in [1.54, 1.807) is 18.2 Å². The molecule has 0 aliphatic rings. The summed E-state index contributed by atoms with van der Waals surface area (Å²) < 4.78 is 13.4. The molecular weight excluding hydrogens is 219 g/mol. The normalized spacial score (nSPS) is 10.5. The molecule has 17 heavy (non-hydrogen) atoms. The zero-order chi connectivity index (χ0) is 12.3. The van der Waals surface area contributed by atoms with Crippen LogP contribution in [0.5, 0.6) is 0 Å². The Labute approximate surface area is 98.7 Å². The Balaban J connectivity index is 2.35. The van der Waals surface area contributed by atoms with Gasteiger partial charge in [0, 0.05) is 18.1 Å².